The third kappa shape index (κ3) is 3.03. The molecule has 0 aliphatic carbocycles. The summed E-state index contributed by atoms with van der Waals surface area (Å²) in [6, 6.07) is 0. The van der Waals surface area contributed by atoms with Gasteiger partial charge < -0.3 is 5.32 Å². The molecule has 2 fully saturated rings. The predicted octanol–water partition coefficient (Wildman–Crippen LogP) is 1.14. The average Bonchev–Trinajstić information content (AvgIpc) is 2.42. The molecule has 4 nitrogen and oxygen atoms in total. The summed E-state index contributed by atoms with van der Waals surface area (Å²) in [5.74, 6) is 2.88. The molecule has 1 atom stereocenters. The third-order valence-corrected chi connectivity index (χ3v) is 7.68. The molecule has 0 bridgehead atoms. The van der Waals surface area contributed by atoms with Crippen LogP contribution in [0.1, 0.15) is 26.7 Å². The van der Waals surface area contributed by atoms with Crippen molar-refractivity contribution in [2.75, 3.05) is 37.7 Å². The molecule has 106 valence electrons. The van der Waals surface area contributed by atoms with Crippen LogP contribution in [0.25, 0.3) is 0 Å². The molecule has 1 N–H and O–H groups in total. The van der Waals surface area contributed by atoms with Crippen LogP contribution in [0, 0.1) is 5.92 Å². The number of nitrogens with zero attached hydrogens (tertiary/aromatic N) is 1. The highest BCUT2D eigenvalue weighted by atomic mass is 32.2. The van der Waals surface area contributed by atoms with Gasteiger partial charge in [0.1, 0.15) is 0 Å². The maximum absolute atomic E-state index is 12.6. The zero-order chi connectivity index (χ0) is 13.2. The van der Waals surface area contributed by atoms with Crippen LogP contribution >= 0.6 is 11.8 Å². The Morgan fingerprint density at radius 3 is 2.89 bits per heavy atom. The lowest BCUT2D eigenvalue weighted by atomic mass is 10.1. The van der Waals surface area contributed by atoms with Gasteiger partial charge in [-0.05, 0) is 44.1 Å². The van der Waals surface area contributed by atoms with Gasteiger partial charge in [-0.3, -0.25) is 0 Å². The minimum Gasteiger partial charge on any atom is -0.314 e. The Balaban J connectivity index is 2.09. The van der Waals surface area contributed by atoms with Crippen LogP contribution < -0.4 is 5.32 Å². The van der Waals surface area contributed by atoms with Crippen molar-refractivity contribution in [3.63, 3.8) is 0 Å². The Morgan fingerprint density at radius 1 is 1.44 bits per heavy atom. The van der Waals surface area contributed by atoms with Gasteiger partial charge in [0.15, 0.2) is 0 Å². The number of hydrogen-bond donors (Lipinski definition) is 1. The first-order valence-electron chi connectivity index (χ1n) is 6.72. The molecule has 2 saturated heterocycles. The van der Waals surface area contributed by atoms with Gasteiger partial charge in [0.2, 0.25) is 10.0 Å². The largest absolute Gasteiger partial charge is 0.314 e. The van der Waals surface area contributed by atoms with Crippen LogP contribution in [0.15, 0.2) is 0 Å². The second-order valence-electron chi connectivity index (χ2n) is 5.88. The topological polar surface area (TPSA) is 49.4 Å². The molecule has 2 heterocycles. The molecule has 6 heteroatoms. The van der Waals surface area contributed by atoms with Gasteiger partial charge in [0.05, 0.1) is 4.75 Å². The fraction of sp³-hybridized carbons (Fsp3) is 1.00. The molecule has 2 aliphatic heterocycles. The summed E-state index contributed by atoms with van der Waals surface area (Å²) in [4.78, 5) is 0. The second-order valence-corrected chi connectivity index (χ2v) is 9.60. The lowest BCUT2D eigenvalue weighted by Crippen LogP contribution is -2.48. The summed E-state index contributed by atoms with van der Waals surface area (Å²) in [5.41, 5.74) is 0. The summed E-state index contributed by atoms with van der Waals surface area (Å²) in [7, 11) is -3.18. The van der Waals surface area contributed by atoms with E-state index in [1.54, 1.807) is 4.31 Å². The van der Waals surface area contributed by atoms with Crippen LogP contribution in [0.2, 0.25) is 0 Å². The summed E-state index contributed by atoms with van der Waals surface area (Å²) in [5, 5.41) is 3.23. The molecule has 0 radical (unpaired) electrons. The van der Waals surface area contributed by atoms with E-state index in [0.29, 0.717) is 25.6 Å². The zero-order valence-corrected chi connectivity index (χ0v) is 12.9. The summed E-state index contributed by atoms with van der Waals surface area (Å²) < 4.78 is 26.3. The van der Waals surface area contributed by atoms with E-state index in [1.807, 2.05) is 25.6 Å². The molecule has 0 amide bonds. The van der Waals surface area contributed by atoms with Crippen LogP contribution in [-0.2, 0) is 10.0 Å². The Labute approximate surface area is 115 Å². The summed E-state index contributed by atoms with van der Waals surface area (Å²) in [6.45, 7) is 6.29. The number of rotatable bonds is 2. The highest BCUT2D eigenvalue weighted by molar-refractivity contribution is 7.99. The monoisotopic (exact) mass is 292 g/mol. The minimum absolute atomic E-state index is 0.535. The van der Waals surface area contributed by atoms with Crippen LogP contribution in [-0.4, -0.2) is 55.2 Å². The molecule has 2 rings (SSSR count). The molecule has 18 heavy (non-hydrogen) atoms. The number of thioether (sulfide) groups is 1. The summed E-state index contributed by atoms with van der Waals surface area (Å²) >= 11 is 1.96. The lowest BCUT2D eigenvalue weighted by Gasteiger charge is -2.32. The Bertz CT molecular complexity index is 376. The van der Waals surface area contributed by atoms with E-state index in [0.717, 1.165) is 12.3 Å². The van der Waals surface area contributed by atoms with Crippen LogP contribution in [0.4, 0.5) is 0 Å². The second kappa shape index (κ2) is 5.69. The zero-order valence-electron chi connectivity index (χ0n) is 11.3. The van der Waals surface area contributed by atoms with Gasteiger partial charge in [0, 0.05) is 26.2 Å². The fourth-order valence-electron chi connectivity index (χ4n) is 2.58. The molecular formula is C12H24N2O2S2. The van der Waals surface area contributed by atoms with Gasteiger partial charge in [-0.1, -0.05) is 0 Å². The lowest BCUT2D eigenvalue weighted by molar-refractivity contribution is 0.345. The maximum atomic E-state index is 12.6. The SMILES string of the molecule is CC1(C)CNCCN(CC2CCCSC2)S1(=O)=O. The Morgan fingerprint density at radius 2 is 2.22 bits per heavy atom. The van der Waals surface area contributed by atoms with E-state index in [4.69, 9.17) is 0 Å². The van der Waals surface area contributed by atoms with E-state index in [2.05, 4.69) is 5.32 Å². The molecule has 0 aromatic rings. The molecule has 0 spiro atoms. The molecule has 0 saturated carbocycles. The Kier molecular flexibility index (Phi) is 4.62. The van der Waals surface area contributed by atoms with Crippen molar-refractivity contribution in [2.24, 2.45) is 5.92 Å². The number of hydrogen-bond acceptors (Lipinski definition) is 4. The van der Waals surface area contributed by atoms with E-state index in [1.165, 1.54) is 18.6 Å². The molecule has 2 aliphatic rings. The first-order valence-corrected chi connectivity index (χ1v) is 9.31. The number of nitrogens with one attached hydrogen (secondary N) is 1. The van der Waals surface area contributed by atoms with Gasteiger partial charge in [-0.25, -0.2) is 8.42 Å². The maximum Gasteiger partial charge on any atom is 0.220 e. The molecule has 0 aromatic carbocycles. The standard InChI is InChI=1S/C12H24N2O2S2/c1-12(2)10-13-5-6-14(18(12,15)16)8-11-4-3-7-17-9-11/h11,13H,3-10H2,1-2H3. The first-order chi connectivity index (χ1) is 8.43. The molecule has 1 unspecified atom stereocenters. The minimum atomic E-state index is -3.18. The van der Waals surface area contributed by atoms with Crippen LogP contribution in [0.3, 0.4) is 0 Å². The van der Waals surface area contributed by atoms with Crippen molar-refractivity contribution in [3.8, 4) is 0 Å². The normalized spacial score (nSPS) is 32.9. The number of sulfonamides is 1. The molecular weight excluding hydrogens is 268 g/mol. The van der Waals surface area contributed by atoms with Crippen LogP contribution in [0.5, 0.6) is 0 Å². The average molecular weight is 292 g/mol. The van der Waals surface area contributed by atoms with Crippen molar-refractivity contribution in [1.82, 2.24) is 9.62 Å². The van der Waals surface area contributed by atoms with Gasteiger partial charge >= 0.3 is 0 Å². The first kappa shape index (κ1) is 14.6. The third-order valence-electron chi connectivity index (χ3n) is 3.84. The van der Waals surface area contributed by atoms with E-state index >= 15 is 0 Å². The summed E-state index contributed by atoms with van der Waals surface area (Å²) in [6.07, 6.45) is 2.40. The van der Waals surface area contributed by atoms with Gasteiger partial charge in [-0.2, -0.15) is 16.1 Å². The molecule has 0 aromatic heterocycles. The van der Waals surface area contributed by atoms with Crippen molar-refractivity contribution < 1.29 is 8.42 Å². The highest BCUT2D eigenvalue weighted by Crippen LogP contribution is 2.27. The van der Waals surface area contributed by atoms with E-state index in [-0.39, 0.29) is 0 Å². The van der Waals surface area contributed by atoms with E-state index < -0.39 is 14.8 Å². The van der Waals surface area contributed by atoms with Gasteiger partial charge in [0.25, 0.3) is 0 Å². The van der Waals surface area contributed by atoms with Crippen molar-refractivity contribution in [2.45, 2.75) is 31.4 Å². The van der Waals surface area contributed by atoms with Crippen molar-refractivity contribution >= 4 is 21.8 Å². The van der Waals surface area contributed by atoms with E-state index in [9.17, 15) is 8.42 Å². The smallest absolute Gasteiger partial charge is 0.220 e. The Hall–Kier alpha value is 0.220. The van der Waals surface area contributed by atoms with Crippen molar-refractivity contribution in [1.29, 1.82) is 0 Å². The highest BCUT2D eigenvalue weighted by Gasteiger charge is 2.41. The van der Waals surface area contributed by atoms with Gasteiger partial charge in [-0.15, -0.1) is 0 Å². The predicted molar refractivity (Wildman–Crippen MR) is 77.5 cm³/mol. The quantitative estimate of drug-likeness (QED) is 0.829. The van der Waals surface area contributed by atoms with Crippen molar-refractivity contribution in [3.05, 3.63) is 0 Å². The fourth-order valence-corrected chi connectivity index (χ4v) is 5.45.